The first-order valence-corrected chi connectivity index (χ1v) is 3.42. The molecule has 46 valence electrons. The molecule has 0 aromatic carbocycles. The molecule has 1 rings (SSSR count). The lowest BCUT2D eigenvalue weighted by atomic mass is 10.1. The SMILES string of the molecule is O=C1CCN(Br)CC1. The molecule has 8 heavy (non-hydrogen) atoms. The number of nitrogens with zero attached hydrogens (tertiary/aromatic N) is 1. The molecule has 0 radical (unpaired) electrons. The second-order valence-electron chi connectivity index (χ2n) is 1.95. The standard InChI is InChI=1S/C5H8BrNO/c6-7-3-1-5(8)2-4-7/h1-4H2. The lowest BCUT2D eigenvalue weighted by molar-refractivity contribution is -0.120. The number of piperidine rings is 1. The predicted molar refractivity (Wildman–Crippen MR) is 34.7 cm³/mol. The van der Waals surface area contributed by atoms with Crippen molar-refractivity contribution in [2.24, 2.45) is 0 Å². The molecule has 0 saturated carbocycles. The van der Waals surface area contributed by atoms with Gasteiger partial charge in [0.2, 0.25) is 0 Å². The van der Waals surface area contributed by atoms with E-state index in [9.17, 15) is 4.79 Å². The van der Waals surface area contributed by atoms with Crippen molar-refractivity contribution in [3.63, 3.8) is 0 Å². The Morgan fingerprint density at radius 3 is 2.25 bits per heavy atom. The summed E-state index contributed by atoms with van der Waals surface area (Å²) in [5, 5.41) is 0. The molecule has 1 fully saturated rings. The maximum absolute atomic E-state index is 10.6. The molecule has 0 spiro atoms. The molecule has 0 atom stereocenters. The monoisotopic (exact) mass is 177 g/mol. The summed E-state index contributed by atoms with van der Waals surface area (Å²) in [7, 11) is 0. The Hall–Kier alpha value is 0.110. The first kappa shape index (κ1) is 6.23. The van der Waals surface area contributed by atoms with Gasteiger partial charge in [-0.3, -0.25) is 4.79 Å². The van der Waals surface area contributed by atoms with Crippen LogP contribution >= 0.6 is 16.1 Å². The third kappa shape index (κ3) is 1.56. The van der Waals surface area contributed by atoms with E-state index in [0.717, 1.165) is 13.1 Å². The number of carbonyl (C=O) groups is 1. The van der Waals surface area contributed by atoms with E-state index >= 15 is 0 Å². The molecule has 0 aliphatic carbocycles. The zero-order valence-corrected chi connectivity index (χ0v) is 6.15. The lowest BCUT2D eigenvalue weighted by Gasteiger charge is -2.17. The van der Waals surface area contributed by atoms with Crippen LogP contribution in [0, 0.1) is 0 Å². The van der Waals surface area contributed by atoms with Crippen LogP contribution in [-0.2, 0) is 4.79 Å². The molecule has 1 heterocycles. The fourth-order valence-electron chi connectivity index (χ4n) is 0.729. The van der Waals surface area contributed by atoms with Gasteiger partial charge in [-0.15, -0.1) is 0 Å². The number of carbonyl (C=O) groups excluding carboxylic acids is 1. The molecule has 0 N–H and O–H groups in total. The van der Waals surface area contributed by atoms with Crippen molar-refractivity contribution in [2.45, 2.75) is 12.8 Å². The summed E-state index contributed by atoms with van der Waals surface area (Å²) >= 11 is 3.30. The average molecular weight is 178 g/mol. The molecule has 0 bridgehead atoms. The molecule has 0 amide bonds. The molecular weight excluding hydrogens is 170 g/mol. The topological polar surface area (TPSA) is 20.3 Å². The predicted octanol–water partition coefficient (Wildman–Crippen LogP) is 0.961. The van der Waals surface area contributed by atoms with Crippen molar-refractivity contribution >= 4 is 21.9 Å². The van der Waals surface area contributed by atoms with Gasteiger partial charge in [-0.05, 0) is 0 Å². The van der Waals surface area contributed by atoms with Crippen molar-refractivity contribution in [3.8, 4) is 0 Å². The van der Waals surface area contributed by atoms with Gasteiger partial charge >= 0.3 is 0 Å². The van der Waals surface area contributed by atoms with Crippen LogP contribution in [0.15, 0.2) is 0 Å². The maximum atomic E-state index is 10.6. The smallest absolute Gasteiger partial charge is 0.135 e. The molecule has 0 aromatic heterocycles. The molecule has 1 aliphatic heterocycles. The number of rotatable bonds is 0. The third-order valence-electron chi connectivity index (χ3n) is 1.27. The van der Waals surface area contributed by atoms with Gasteiger partial charge in [0, 0.05) is 42.1 Å². The highest BCUT2D eigenvalue weighted by molar-refractivity contribution is 9.07. The second kappa shape index (κ2) is 2.60. The van der Waals surface area contributed by atoms with Gasteiger partial charge in [0.05, 0.1) is 0 Å². The van der Waals surface area contributed by atoms with E-state index in [-0.39, 0.29) is 0 Å². The largest absolute Gasteiger partial charge is 0.300 e. The van der Waals surface area contributed by atoms with E-state index in [1.807, 2.05) is 3.93 Å². The van der Waals surface area contributed by atoms with Crippen LogP contribution in [0.1, 0.15) is 12.8 Å². The number of Topliss-reactive ketones (excluding diaryl/α,β-unsaturated/α-hetero) is 1. The minimum Gasteiger partial charge on any atom is -0.300 e. The Labute approximate surface area is 57.2 Å². The van der Waals surface area contributed by atoms with Crippen LogP contribution in [0.4, 0.5) is 0 Å². The number of ketones is 1. The molecule has 2 nitrogen and oxygen atoms in total. The molecule has 1 saturated heterocycles. The van der Waals surface area contributed by atoms with Gasteiger partial charge in [0.25, 0.3) is 0 Å². The minimum absolute atomic E-state index is 0.390. The van der Waals surface area contributed by atoms with Crippen molar-refractivity contribution in [1.29, 1.82) is 0 Å². The number of hydrogen-bond acceptors (Lipinski definition) is 2. The fraction of sp³-hybridized carbons (Fsp3) is 0.800. The van der Waals surface area contributed by atoms with Gasteiger partial charge in [-0.2, -0.15) is 0 Å². The van der Waals surface area contributed by atoms with Crippen LogP contribution in [0.2, 0.25) is 0 Å². The summed E-state index contributed by atoms with van der Waals surface area (Å²) in [4.78, 5) is 10.6. The zero-order valence-electron chi connectivity index (χ0n) is 4.56. The third-order valence-corrected chi connectivity index (χ3v) is 1.98. The Bertz CT molecular complexity index is 94.6. The molecular formula is C5H8BrNO. The van der Waals surface area contributed by atoms with Crippen LogP contribution in [0.25, 0.3) is 0 Å². The quantitative estimate of drug-likeness (QED) is 0.515. The Morgan fingerprint density at radius 1 is 1.38 bits per heavy atom. The Kier molecular flexibility index (Phi) is 2.02. The Morgan fingerprint density at radius 2 is 1.88 bits per heavy atom. The van der Waals surface area contributed by atoms with Crippen molar-refractivity contribution < 1.29 is 4.79 Å². The first-order valence-electron chi connectivity index (χ1n) is 2.71. The molecule has 0 unspecified atom stereocenters. The summed E-state index contributed by atoms with van der Waals surface area (Å²) in [6.07, 6.45) is 1.43. The van der Waals surface area contributed by atoms with Crippen LogP contribution in [0.3, 0.4) is 0 Å². The Balaban J connectivity index is 2.29. The van der Waals surface area contributed by atoms with Crippen molar-refractivity contribution in [1.82, 2.24) is 3.93 Å². The summed E-state index contributed by atoms with van der Waals surface area (Å²) in [6.45, 7) is 1.75. The first-order chi connectivity index (χ1) is 3.79. The second-order valence-corrected chi connectivity index (χ2v) is 2.95. The number of halogens is 1. The lowest BCUT2D eigenvalue weighted by Crippen LogP contribution is -2.25. The normalized spacial score (nSPS) is 23.9. The highest BCUT2D eigenvalue weighted by Gasteiger charge is 2.12. The average Bonchev–Trinajstić information content (AvgIpc) is 1.77. The van der Waals surface area contributed by atoms with Crippen LogP contribution in [-0.4, -0.2) is 22.8 Å². The van der Waals surface area contributed by atoms with Crippen molar-refractivity contribution in [3.05, 3.63) is 0 Å². The van der Waals surface area contributed by atoms with E-state index in [1.54, 1.807) is 0 Å². The molecule has 0 aromatic rings. The summed E-state index contributed by atoms with van der Waals surface area (Å²) in [6, 6.07) is 0. The number of hydrogen-bond donors (Lipinski definition) is 0. The molecule has 1 aliphatic rings. The van der Waals surface area contributed by atoms with E-state index in [4.69, 9.17) is 0 Å². The van der Waals surface area contributed by atoms with E-state index < -0.39 is 0 Å². The van der Waals surface area contributed by atoms with E-state index in [0.29, 0.717) is 18.6 Å². The fourth-order valence-corrected chi connectivity index (χ4v) is 1.08. The summed E-state index contributed by atoms with van der Waals surface area (Å²) in [5.41, 5.74) is 0. The van der Waals surface area contributed by atoms with E-state index in [2.05, 4.69) is 16.1 Å². The van der Waals surface area contributed by atoms with Crippen LogP contribution < -0.4 is 0 Å². The van der Waals surface area contributed by atoms with Gasteiger partial charge in [-0.25, -0.2) is 3.93 Å². The van der Waals surface area contributed by atoms with Gasteiger partial charge in [0.15, 0.2) is 0 Å². The summed E-state index contributed by atoms with van der Waals surface area (Å²) in [5.74, 6) is 0.390. The zero-order chi connectivity index (χ0) is 5.98. The minimum atomic E-state index is 0.390. The highest BCUT2D eigenvalue weighted by atomic mass is 79.9. The van der Waals surface area contributed by atoms with Gasteiger partial charge in [-0.1, -0.05) is 0 Å². The van der Waals surface area contributed by atoms with Crippen molar-refractivity contribution in [2.75, 3.05) is 13.1 Å². The van der Waals surface area contributed by atoms with Gasteiger partial charge in [0.1, 0.15) is 5.78 Å². The highest BCUT2D eigenvalue weighted by Crippen LogP contribution is 2.08. The maximum Gasteiger partial charge on any atom is 0.135 e. The van der Waals surface area contributed by atoms with E-state index in [1.165, 1.54) is 0 Å². The summed E-state index contributed by atoms with van der Waals surface area (Å²) < 4.78 is 1.99. The van der Waals surface area contributed by atoms with Crippen LogP contribution in [0.5, 0.6) is 0 Å². The molecule has 3 heteroatoms. The van der Waals surface area contributed by atoms with Gasteiger partial charge < -0.3 is 0 Å².